The first-order valence-electron chi connectivity index (χ1n) is 6.11. The number of hydrogen-bond donors (Lipinski definition) is 1. The quantitative estimate of drug-likeness (QED) is 0.740. The summed E-state index contributed by atoms with van der Waals surface area (Å²) in [4.78, 5) is 0. The Kier molecular flexibility index (Phi) is 3.69. The molecule has 0 saturated carbocycles. The first kappa shape index (κ1) is 12.7. The molecule has 0 amide bonds. The molecule has 1 heterocycles. The normalized spacial score (nSPS) is 10.6. The number of nitrogens with zero attached hydrogens (tertiary/aromatic N) is 2. The van der Waals surface area contributed by atoms with Gasteiger partial charge in [-0.25, -0.2) is 0 Å². The van der Waals surface area contributed by atoms with E-state index in [-0.39, 0.29) is 5.75 Å². The number of aromatic nitrogens is 2. The Labute approximate surface area is 120 Å². The summed E-state index contributed by atoms with van der Waals surface area (Å²) in [7, 11) is 0. The summed E-state index contributed by atoms with van der Waals surface area (Å²) in [5.41, 5.74) is 2.00. The predicted molar refractivity (Wildman–Crippen MR) is 77.4 cm³/mol. The lowest BCUT2D eigenvalue weighted by molar-refractivity contribution is 0.465. The van der Waals surface area contributed by atoms with E-state index in [0.29, 0.717) is 11.1 Å². The molecule has 0 saturated heterocycles. The minimum absolute atomic E-state index is 0.215. The van der Waals surface area contributed by atoms with Gasteiger partial charge in [0, 0.05) is 11.3 Å². The lowest BCUT2D eigenvalue weighted by atomic mass is 10.2. The van der Waals surface area contributed by atoms with Crippen molar-refractivity contribution in [3.05, 3.63) is 60.2 Å². The maximum Gasteiger partial charge on any atom is 0.277 e. The van der Waals surface area contributed by atoms with E-state index in [4.69, 9.17) is 4.42 Å². The smallest absolute Gasteiger partial charge is 0.277 e. The van der Waals surface area contributed by atoms with Crippen LogP contribution in [0.1, 0.15) is 5.56 Å². The molecule has 0 aliphatic rings. The van der Waals surface area contributed by atoms with Gasteiger partial charge in [-0.15, -0.1) is 10.2 Å². The zero-order valence-corrected chi connectivity index (χ0v) is 11.4. The second-order valence-corrected chi connectivity index (χ2v) is 5.12. The SMILES string of the molecule is Oc1ccc(-c2nnc(SCc3ccccc3)o2)cc1. The van der Waals surface area contributed by atoms with Gasteiger partial charge in [-0.1, -0.05) is 42.1 Å². The molecule has 1 aromatic heterocycles. The molecule has 1 N–H and O–H groups in total. The third-order valence-electron chi connectivity index (χ3n) is 2.73. The third-order valence-corrected chi connectivity index (χ3v) is 3.62. The minimum atomic E-state index is 0.215. The van der Waals surface area contributed by atoms with Gasteiger partial charge in [0.15, 0.2) is 0 Å². The van der Waals surface area contributed by atoms with Crippen LogP contribution >= 0.6 is 11.8 Å². The monoisotopic (exact) mass is 284 g/mol. The van der Waals surface area contributed by atoms with Crippen LogP contribution < -0.4 is 0 Å². The molecule has 0 radical (unpaired) electrons. The summed E-state index contributed by atoms with van der Waals surface area (Å²) in [5, 5.41) is 17.8. The fourth-order valence-corrected chi connectivity index (χ4v) is 2.43. The maximum absolute atomic E-state index is 9.25. The predicted octanol–water partition coefficient (Wildman–Crippen LogP) is 3.73. The largest absolute Gasteiger partial charge is 0.508 e. The molecule has 5 heteroatoms. The van der Waals surface area contributed by atoms with Crippen molar-refractivity contribution in [1.29, 1.82) is 0 Å². The van der Waals surface area contributed by atoms with Crippen LogP contribution in [0, 0.1) is 0 Å². The minimum Gasteiger partial charge on any atom is -0.508 e. The van der Waals surface area contributed by atoms with Crippen LogP contribution in [0.4, 0.5) is 0 Å². The zero-order valence-electron chi connectivity index (χ0n) is 10.6. The average Bonchev–Trinajstić information content (AvgIpc) is 2.96. The summed E-state index contributed by atoms with van der Waals surface area (Å²) < 4.78 is 5.59. The third kappa shape index (κ3) is 3.00. The molecule has 4 nitrogen and oxygen atoms in total. The molecule has 100 valence electrons. The van der Waals surface area contributed by atoms with Crippen molar-refractivity contribution in [2.24, 2.45) is 0 Å². The van der Waals surface area contributed by atoms with Crippen molar-refractivity contribution in [3.63, 3.8) is 0 Å². The van der Waals surface area contributed by atoms with Gasteiger partial charge in [0.1, 0.15) is 5.75 Å². The molecule has 0 atom stereocenters. The van der Waals surface area contributed by atoms with Gasteiger partial charge in [-0.05, 0) is 29.8 Å². The Hall–Kier alpha value is -2.27. The maximum atomic E-state index is 9.25. The van der Waals surface area contributed by atoms with Gasteiger partial charge in [-0.2, -0.15) is 0 Å². The lowest BCUT2D eigenvalue weighted by Crippen LogP contribution is -1.79. The van der Waals surface area contributed by atoms with Crippen molar-refractivity contribution in [2.75, 3.05) is 0 Å². The van der Waals surface area contributed by atoms with Crippen molar-refractivity contribution in [2.45, 2.75) is 11.0 Å². The first-order chi connectivity index (χ1) is 9.81. The van der Waals surface area contributed by atoms with Crippen LogP contribution in [-0.4, -0.2) is 15.3 Å². The Morgan fingerprint density at radius 3 is 2.45 bits per heavy atom. The standard InChI is InChI=1S/C15H12N2O2S/c18-13-8-6-12(7-9-13)14-16-17-15(19-14)20-10-11-4-2-1-3-5-11/h1-9,18H,10H2. The highest BCUT2D eigenvalue weighted by atomic mass is 32.2. The van der Waals surface area contributed by atoms with E-state index in [1.807, 2.05) is 18.2 Å². The Morgan fingerprint density at radius 2 is 1.70 bits per heavy atom. The van der Waals surface area contributed by atoms with E-state index in [1.54, 1.807) is 24.3 Å². The summed E-state index contributed by atoms with van der Waals surface area (Å²) in [5.74, 6) is 1.46. The highest BCUT2D eigenvalue weighted by molar-refractivity contribution is 7.98. The van der Waals surface area contributed by atoms with Crippen LogP contribution in [0.5, 0.6) is 5.75 Å². The van der Waals surface area contributed by atoms with E-state index in [2.05, 4.69) is 22.3 Å². The van der Waals surface area contributed by atoms with Crippen LogP contribution in [0.25, 0.3) is 11.5 Å². The Balaban J connectivity index is 1.69. The van der Waals surface area contributed by atoms with E-state index in [9.17, 15) is 5.11 Å². The molecule has 3 aromatic rings. The van der Waals surface area contributed by atoms with Gasteiger partial charge in [-0.3, -0.25) is 0 Å². The molecule has 0 aliphatic carbocycles. The highest BCUT2D eigenvalue weighted by Crippen LogP contribution is 2.26. The molecule has 0 aliphatic heterocycles. The Morgan fingerprint density at radius 1 is 0.950 bits per heavy atom. The summed E-state index contributed by atoms with van der Waals surface area (Å²) in [6, 6.07) is 16.8. The number of phenolic OH excluding ortho intramolecular Hbond substituents is 1. The molecule has 20 heavy (non-hydrogen) atoms. The number of rotatable bonds is 4. The molecule has 0 spiro atoms. The summed E-state index contributed by atoms with van der Waals surface area (Å²) in [6.07, 6.45) is 0. The summed E-state index contributed by atoms with van der Waals surface area (Å²) in [6.45, 7) is 0. The van der Waals surface area contributed by atoms with Crippen molar-refractivity contribution in [1.82, 2.24) is 10.2 Å². The summed E-state index contributed by atoms with van der Waals surface area (Å²) >= 11 is 1.50. The first-order valence-corrected chi connectivity index (χ1v) is 7.09. The van der Waals surface area contributed by atoms with Crippen LogP contribution in [0.2, 0.25) is 0 Å². The second kappa shape index (κ2) is 5.79. The topological polar surface area (TPSA) is 59.2 Å². The number of hydrogen-bond acceptors (Lipinski definition) is 5. The highest BCUT2D eigenvalue weighted by Gasteiger charge is 2.09. The number of thioether (sulfide) groups is 1. The van der Waals surface area contributed by atoms with Crippen LogP contribution in [0.15, 0.2) is 64.2 Å². The lowest BCUT2D eigenvalue weighted by Gasteiger charge is -1.97. The second-order valence-electron chi connectivity index (χ2n) is 4.19. The van der Waals surface area contributed by atoms with Gasteiger partial charge < -0.3 is 9.52 Å². The molecule has 0 bridgehead atoms. The van der Waals surface area contributed by atoms with Crippen LogP contribution in [-0.2, 0) is 5.75 Å². The fourth-order valence-electron chi connectivity index (χ4n) is 1.71. The molecular weight excluding hydrogens is 272 g/mol. The van der Waals surface area contributed by atoms with Crippen molar-refractivity contribution in [3.8, 4) is 17.2 Å². The number of benzene rings is 2. The van der Waals surface area contributed by atoms with Gasteiger partial charge >= 0.3 is 0 Å². The van der Waals surface area contributed by atoms with E-state index >= 15 is 0 Å². The van der Waals surface area contributed by atoms with Crippen LogP contribution in [0.3, 0.4) is 0 Å². The molecular formula is C15H12N2O2S. The van der Waals surface area contributed by atoms with Gasteiger partial charge in [0.2, 0.25) is 5.89 Å². The van der Waals surface area contributed by atoms with E-state index < -0.39 is 0 Å². The zero-order chi connectivity index (χ0) is 13.8. The number of phenols is 1. The molecule has 0 fully saturated rings. The number of aromatic hydroxyl groups is 1. The Bertz CT molecular complexity index is 681. The molecule has 2 aromatic carbocycles. The van der Waals surface area contributed by atoms with Gasteiger partial charge in [0.05, 0.1) is 0 Å². The average molecular weight is 284 g/mol. The fraction of sp³-hybridized carbons (Fsp3) is 0.0667. The molecule has 3 rings (SSSR count). The van der Waals surface area contributed by atoms with Crippen molar-refractivity contribution < 1.29 is 9.52 Å². The van der Waals surface area contributed by atoms with E-state index in [0.717, 1.165) is 11.3 Å². The van der Waals surface area contributed by atoms with Gasteiger partial charge in [0.25, 0.3) is 5.22 Å². The molecule has 0 unspecified atom stereocenters. The van der Waals surface area contributed by atoms with Crippen molar-refractivity contribution >= 4 is 11.8 Å². The van der Waals surface area contributed by atoms with E-state index in [1.165, 1.54) is 17.3 Å².